The van der Waals surface area contributed by atoms with E-state index in [2.05, 4.69) is 26.1 Å². The molecule has 1 aliphatic heterocycles. The van der Waals surface area contributed by atoms with Gasteiger partial charge in [0.2, 0.25) is 5.91 Å². The minimum atomic E-state index is -0.299. The summed E-state index contributed by atoms with van der Waals surface area (Å²) in [4.78, 5) is 14.2. The van der Waals surface area contributed by atoms with E-state index in [4.69, 9.17) is 10.1 Å². The average molecular weight is 303 g/mol. The fourth-order valence-electron chi connectivity index (χ4n) is 2.68. The number of nitrogens with zero attached hydrogens (tertiary/aromatic N) is 1. The molecule has 1 atom stereocenters. The zero-order valence-corrected chi connectivity index (χ0v) is 13.8. The largest absolute Gasteiger partial charge is 0.497 e. The van der Waals surface area contributed by atoms with Crippen LogP contribution in [-0.2, 0) is 11.3 Å². The maximum absolute atomic E-state index is 12.3. The first-order valence-electron chi connectivity index (χ1n) is 7.55. The van der Waals surface area contributed by atoms with Crippen LogP contribution in [0.4, 0.5) is 0 Å². The molecule has 1 saturated heterocycles. The predicted molar refractivity (Wildman–Crippen MR) is 87.1 cm³/mol. The Balaban J connectivity index is 2.22. The molecule has 1 heterocycles. The Bertz CT molecular complexity index is 563. The van der Waals surface area contributed by atoms with E-state index in [-0.39, 0.29) is 17.4 Å². The second kappa shape index (κ2) is 6.38. The van der Waals surface area contributed by atoms with Crippen LogP contribution in [0, 0.1) is 10.8 Å². The minimum absolute atomic E-state index is 0.00817. The summed E-state index contributed by atoms with van der Waals surface area (Å²) < 4.78 is 5.25. The van der Waals surface area contributed by atoms with Gasteiger partial charge in [-0.3, -0.25) is 10.2 Å². The first-order chi connectivity index (χ1) is 10.3. The van der Waals surface area contributed by atoms with Gasteiger partial charge in [0, 0.05) is 6.54 Å². The highest BCUT2D eigenvalue weighted by Gasteiger charge is 2.35. The number of piperazine rings is 1. The number of benzene rings is 1. The monoisotopic (exact) mass is 303 g/mol. The summed E-state index contributed by atoms with van der Waals surface area (Å²) in [7, 11) is 1.64. The van der Waals surface area contributed by atoms with Gasteiger partial charge in [-0.1, -0.05) is 32.9 Å². The predicted octanol–water partition coefficient (Wildman–Crippen LogP) is 2.41. The zero-order chi connectivity index (χ0) is 16.3. The summed E-state index contributed by atoms with van der Waals surface area (Å²) in [6.07, 6.45) is 0.713. The molecule has 5 nitrogen and oxygen atoms in total. The van der Waals surface area contributed by atoms with Crippen molar-refractivity contribution in [1.82, 2.24) is 10.2 Å². The number of rotatable bonds is 4. The first kappa shape index (κ1) is 16.3. The topological polar surface area (TPSA) is 65.4 Å². The van der Waals surface area contributed by atoms with Gasteiger partial charge in [-0.2, -0.15) is 0 Å². The molecule has 1 aromatic rings. The highest BCUT2D eigenvalue weighted by Crippen LogP contribution is 2.26. The van der Waals surface area contributed by atoms with Gasteiger partial charge in [0.1, 0.15) is 17.6 Å². The lowest BCUT2D eigenvalue weighted by Gasteiger charge is -2.39. The minimum Gasteiger partial charge on any atom is -0.497 e. The van der Waals surface area contributed by atoms with Crippen LogP contribution < -0.4 is 10.1 Å². The summed E-state index contributed by atoms with van der Waals surface area (Å²) >= 11 is 0. The molecule has 1 amide bonds. The molecular weight excluding hydrogens is 278 g/mol. The van der Waals surface area contributed by atoms with E-state index >= 15 is 0 Å². The van der Waals surface area contributed by atoms with E-state index in [9.17, 15) is 4.79 Å². The van der Waals surface area contributed by atoms with E-state index < -0.39 is 0 Å². The Morgan fingerprint density at radius 3 is 2.77 bits per heavy atom. The van der Waals surface area contributed by atoms with Gasteiger partial charge in [0.25, 0.3) is 0 Å². The quantitative estimate of drug-likeness (QED) is 0.897. The molecular formula is C17H25N3O2. The number of nitrogens with one attached hydrogen (secondary N) is 2. The average Bonchev–Trinajstić information content (AvgIpc) is 2.45. The van der Waals surface area contributed by atoms with Gasteiger partial charge < -0.3 is 15.0 Å². The fraction of sp³-hybridized carbons (Fsp3) is 0.529. The van der Waals surface area contributed by atoms with Crippen molar-refractivity contribution in [2.45, 2.75) is 39.8 Å². The van der Waals surface area contributed by atoms with Crippen molar-refractivity contribution in [1.29, 1.82) is 5.41 Å². The molecule has 1 aliphatic rings. The Labute approximate surface area is 132 Å². The highest BCUT2D eigenvalue weighted by atomic mass is 16.5. The van der Waals surface area contributed by atoms with E-state index in [0.29, 0.717) is 25.3 Å². The number of amides is 1. The van der Waals surface area contributed by atoms with Crippen LogP contribution in [-0.4, -0.2) is 36.3 Å². The first-order valence-corrected chi connectivity index (χ1v) is 7.55. The second-order valence-electron chi connectivity index (χ2n) is 6.92. The number of carbonyl (C=O) groups is 1. The number of ether oxygens (including phenoxy) is 1. The third-order valence-electron chi connectivity index (χ3n) is 3.75. The second-order valence-corrected chi connectivity index (χ2v) is 6.92. The Kier molecular flexibility index (Phi) is 4.74. The standard InChI is InChI=1S/C17H25N3O2/c1-17(2,3)9-14-16(21)19-10-15(18)20(14)11-12-6-5-7-13(8-12)22-4/h5-8,14,18H,9-11H2,1-4H3,(H,19,21). The number of hydrogen-bond acceptors (Lipinski definition) is 3. The summed E-state index contributed by atoms with van der Waals surface area (Å²) in [5.74, 6) is 1.25. The molecule has 0 spiro atoms. The molecule has 2 rings (SSSR count). The maximum Gasteiger partial charge on any atom is 0.243 e. The summed E-state index contributed by atoms with van der Waals surface area (Å²) in [6, 6.07) is 7.47. The molecule has 120 valence electrons. The van der Waals surface area contributed by atoms with Gasteiger partial charge in [-0.05, 0) is 29.5 Å². The molecule has 1 aromatic carbocycles. The van der Waals surface area contributed by atoms with Crippen LogP contribution in [0.2, 0.25) is 0 Å². The van der Waals surface area contributed by atoms with Crippen molar-refractivity contribution in [3.8, 4) is 5.75 Å². The SMILES string of the molecule is COc1cccc(CN2C(=N)CNC(=O)C2CC(C)(C)C)c1. The van der Waals surface area contributed by atoms with Gasteiger partial charge >= 0.3 is 0 Å². The van der Waals surface area contributed by atoms with Crippen molar-refractivity contribution in [2.24, 2.45) is 5.41 Å². The molecule has 22 heavy (non-hydrogen) atoms. The van der Waals surface area contributed by atoms with Gasteiger partial charge in [0.05, 0.1) is 13.7 Å². The van der Waals surface area contributed by atoms with Gasteiger partial charge in [0.15, 0.2) is 0 Å². The summed E-state index contributed by atoms with van der Waals surface area (Å²) in [5.41, 5.74) is 1.06. The smallest absolute Gasteiger partial charge is 0.243 e. The third-order valence-corrected chi connectivity index (χ3v) is 3.75. The van der Waals surface area contributed by atoms with Crippen LogP contribution in [0.5, 0.6) is 5.75 Å². The molecule has 0 saturated carbocycles. The third kappa shape index (κ3) is 4.00. The lowest BCUT2D eigenvalue weighted by molar-refractivity contribution is -0.127. The van der Waals surface area contributed by atoms with Crippen LogP contribution in [0.3, 0.4) is 0 Å². The van der Waals surface area contributed by atoms with Crippen molar-refractivity contribution in [3.63, 3.8) is 0 Å². The molecule has 0 bridgehead atoms. The van der Waals surface area contributed by atoms with E-state index in [1.165, 1.54) is 0 Å². The van der Waals surface area contributed by atoms with E-state index in [1.807, 2.05) is 29.2 Å². The van der Waals surface area contributed by atoms with Crippen LogP contribution in [0.1, 0.15) is 32.8 Å². The maximum atomic E-state index is 12.3. The fourth-order valence-corrected chi connectivity index (χ4v) is 2.68. The van der Waals surface area contributed by atoms with Crippen LogP contribution >= 0.6 is 0 Å². The van der Waals surface area contributed by atoms with E-state index in [1.54, 1.807) is 7.11 Å². The van der Waals surface area contributed by atoms with Crippen molar-refractivity contribution < 1.29 is 9.53 Å². The van der Waals surface area contributed by atoms with Crippen LogP contribution in [0.25, 0.3) is 0 Å². The molecule has 2 N–H and O–H groups in total. The molecule has 1 unspecified atom stereocenters. The highest BCUT2D eigenvalue weighted by molar-refractivity contribution is 5.96. The van der Waals surface area contributed by atoms with Crippen molar-refractivity contribution in [3.05, 3.63) is 29.8 Å². The number of hydrogen-bond donors (Lipinski definition) is 2. The Morgan fingerprint density at radius 2 is 2.14 bits per heavy atom. The molecule has 0 radical (unpaired) electrons. The van der Waals surface area contributed by atoms with Crippen molar-refractivity contribution in [2.75, 3.05) is 13.7 Å². The van der Waals surface area contributed by atoms with Crippen LogP contribution in [0.15, 0.2) is 24.3 Å². The summed E-state index contributed by atoms with van der Waals surface area (Å²) in [6.45, 7) is 7.18. The van der Waals surface area contributed by atoms with Crippen molar-refractivity contribution >= 4 is 11.7 Å². The summed E-state index contributed by atoms with van der Waals surface area (Å²) in [5, 5.41) is 11.0. The molecule has 0 aliphatic carbocycles. The molecule has 0 aromatic heterocycles. The number of methoxy groups -OCH3 is 1. The van der Waals surface area contributed by atoms with E-state index in [0.717, 1.165) is 11.3 Å². The molecule has 1 fully saturated rings. The van der Waals surface area contributed by atoms with Gasteiger partial charge in [-0.25, -0.2) is 0 Å². The lowest BCUT2D eigenvalue weighted by atomic mass is 9.86. The van der Waals surface area contributed by atoms with Gasteiger partial charge in [-0.15, -0.1) is 0 Å². The number of carbonyl (C=O) groups excluding carboxylic acids is 1. The zero-order valence-electron chi connectivity index (χ0n) is 13.8. The normalized spacial score (nSPS) is 19.1. The lowest BCUT2D eigenvalue weighted by Crippen LogP contribution is -2.58. The Morgan fingerprint density at radius 1 is 1.41 bits per heavy atom. The molecule has 5 heteroatoms. The number of amidine groups is 1. The Hall–Kier alpha value is -2.04.